The quantitative estimate of drug-likeness (QED) is 0.498. The Balaban J connectivity index is 1.99. The maximum atomic E-state index is 11.9. The van der Waals surface area contributed by atoms with E-state index in [0.717, 1.165) is 5.56 Å². The van der Waals surface area contributed by atoms with E-state index >= 15 is 0 Å². The SMILES string of the molecule is COc1ccc(OC)c(NC(=O)C(=O)N/N=C\c2ccccc2)c1. The first-order valence-electron chi connectivity index (χ1n) is 7.05. The second-order valence-electron chi connectivity index (χ2n) is 4.63. The van der Waals surface area contributed by atoms with Crippen LogP contribution in [0.15, 0.2) is 53.6 Å². The average molecular weight is 327 g/mol. The van der Waals surface area contributed by atoms with Crippen molar-refractivity contribution in [1.82, 2.24) is 5.43 Å². The highest BCUT2D eigenvalue weighted by molar-refractivity contribution is 6.39. The molecule has 7 heteroatoms. The number of amides is 2. The van der Waals surface area contributed by atoms with E-state index < -0.39 is 11.8 Å². The Kier molecular flexibility index (Phi) is 5.90. The van der Waals surface area contributed by atoms with Crippen LogP contribution in [0.1, 0.15) is 5.56 Å². The summed E-state index contributed by atoms with van der Waals surface area (Å²) in [6, 6.07) is 14.0. The van der Waals surface area contributed by atoms with Gasteiger partial charge in [0.25, 0.3) is 0 Å². The number of carbonyl (C=O) groups is 2. The van der Waals surface area contributed by atoms with E-state index in [1.165, 1.54) is 20.4 Å². The normalized spacial score (nSPS) is 10.2. The van der Waals surface area contributed by atoms with Crippen LogP contribution in [0.3, 0.4) is 0 Å². The van der Waals surface area contributed by atoms with Crippen molar-refractivity contribution >= 4 is 23.7 Å². The van der Waals surface area contributed by atoms with E-state index in [1.54, 1.807) is 18.2 Å². The van der Waals surface area contributed by atoms with Gasteiger partial charge in [-0.2, -0.15) is 5.10 Å². The molecule has 7 nitrogen and oxygen atoms in total. The molecule has 0 aliphatic heterocycles. The molecule has 2 rings (SSSR count). The van der Waals surface area contributed by atoms with Crippen LogP contribution in [-0.2, 0) is 9.59 Å². The van der Waals surface area contributed by atoms with Gasteiger partial charge in [-0.05, 0) is 17.7 Å². The molecular weight excluding hydrogens is 310 g/mol. The number of rotatable bonds is 5. The van der Waals surface area contributed by atoms with Gasteiger partial charge in [-0.3, -0.25) is 9.59 Å². The van der Waals surface area contributed by atoms with E-state index in [2.05, 4.69) is 15.8 Å². The van der Waals surface area contributed by atoms with Gasteiger partial charge in [-0.25, -0.2) is 5.43 Å². The Morgan fingerprint density at radius 2 is 1.75 bits per heavy atom. The molecule has 0 aliphatic rings. The summed E-state index contributed by atoms with van der Waals surface area (Å²) in [7, 11) is 2.96. The van der Waals surface area contributed by atoms with Gasteiger partial charge in [-0.15, -0.1) is 0 Å². The summed E-state index contributed by atoms with van der Waals surface area (Å²) in [5, 5.41) is 6.19. The van der Waals surface area contributed by atoms with Crippen LogP contribution < -0.4 is 20.2 Å². The third-order valence-electron chi connectivity index (χ3n) is 3.04. The Bertz CT molecular complexity index is 745. The van der Waals surface area contributed by atoms with Crippen LogP contribution in [0, 0.1) is 0 Å². The van der Waals surface area contributed by atoms with E-state index in [9.17, 15) is 9.59 Å². The monoisotopic (exact) mass is 327 g/mol. The van der Waals surface area contributed by atoms with Crippen molar-refractivity contribution in [2.24, 2.45) is 5.10 Å². The number of hydrogen-bond acceptors (Lipinski definition) is 5. The fraction of sp³-hybridized carbons (Fsp3) is 0.118. The van der Waals surface area contributed by atoms with Crippen LogP contribution in [0.2, 0.25) is 0 Å². The molecule has 0 saturated carbocycles. The first-order chi connectivity index (χ1) is 11.6. The Morgan fingerprint density at radius 3 is 2.42 bits per heavy atom. The van der Waals surface area contributed by atoms with Crippen molar-refractivity contribution in [3.05, 3.63) is 54.1 Å². The first kappa shape index (κ1) is 17.0. The third-order valence-corrected chi connectivity index (χ3v) is 3.04. The van der Waals surface area contributed by atoms with Gasteiger partial charge < -0.3 is 14.8 Å². The molecule has 24 heavy (non-hydrogen) atoms. The molecule has 2 amide bonds. The molecule has 0 unspecified atom stereocenters. The van der Waals surface area contributed by atoms with Crippen LogP contribution in [-0.4, -0.2) is 32.2 Å². The molecule has 0 atom stereocenters. The summed E-state index contributed by atoms with van der Waals surface area (Å²) >= 11 is 0. The number of hydrazone groups is 1. The van der Waals surface area contributed by atoms with Gasteiger partial charge >= 0.3 is 11.8 Å². The lowest BCUT2D eigenvalue weighted by molar-refractivity contribution is -0.136. The number of nitrogens with zero attached hydrogens (tertiary/aromatic N) is 1. The first-order valence-corrected chi connectivity index (χ1v) is 7.05. The standard InChI is InChI=1S/C17H17N3O4/c1-23-13-8-9-15(24-2)14(10-13)19-16(21)17(22)20-18-11-12-6-4-3-5-7-12/h3-11H,1-2H3,(H,19,21)(H,20,22)/b18-11-. The van der Waals surface area contributed by atoms with E-state index in [0.29, 0.717) is 17.2 Å². The predicted octanol–water partition coefficient (Wildman–Crippen LogP) is 1.79. The summed E-state index contributed by atoms with van der Waals surface area (Å²) in [6.07, 6.45) is 1.44. The zero-order valence-corrected chi connectivity index (χ0v) is 13.3. The fourth-order valence-electron chi connectivity index (χ4n) is 1.85. The molecule has 0 bridgehead atoms. The van der Waals surface area contributed by atoms with Crippen molar-refractivity contribution in [3.8, 4) is 11.5 Å². The van der Waals surface area contributed by atoms with Crippen molar-refractivity contribution in [1.29, 1.82) is 0 Å². The Hall–Kier alpha value is -3.35. The van der Waals surface area contributed by atoms with Gasteiger partial charge in [0.05, 0.1) is 26.1 Å². The van der Waals surface area contributed by atoms with E-state index in [1.807, 2.05) is 30.3 Å². The number of anilines is 1. The summed E-state index contributed by atoms with van der Waals surface area (Å²) in [5.74, 6) is -0.836. The fourth-order valence-corrected chi connectivity index (χ4v) is 1.85. The molecule has 124 valence electrons. The minimum atomic E-state index is -0.896. The highest BCUT2D eigenvalue weighted by Crippen LogP contribution is 2.28. The van der Waals surface area contributed by atoms with Crippen LogP contribution in [0.4, 0.5) is 5.69 Å². The van der Waals surface area contributed by atoms with E-state index in [4.69, 9.17) is 9.47 Å². The number of ether oxygens (including phenoxy) is 2. The number of hydrogen-bond donors (Lipinski definition) is 2. The Labute approximate surface area is 139 Å². The molecule has 2 N–H and O–H groups in total. The molecule has 2 aromatic carbocycles. The van der Waals surface area contributed by atoms with Gasteiger partial charge in [0.15, 0.2) is 0 Å². The highest BCUT2D eigenvalue weighted by atomic mass is 16.5. The largest absolute Gasteiger partial charge is 0.497 e. The van der Waals surface area contributed by atoms with Crippen LogP contribution in [0.25, 0.3) is 0 Å². The molecule has 0 aliphatic carbocycles. The van der Waals surface area contributed by atoms with Crippen LogP contribution >= 0.6 is 0 Å². The summed E-state index contributed by atoms with van der Waals surface area (Å²) in [5.41, 5.74) is 3.29. The van der Waals surface area contributed by atoms with Crippen molar-refractivity contribution < 1.29 is 19.1 Å². The maximum absolute atomic E-state index is 11.9. The highest BCUT2D eigenvalue weighted by Gasteiger charge is 2.15. The Morgan fingerprint density at radius 1 is 1.00 bits per heavy atom. The van der Waals surface area contributed by atoms with Gasteiger partial charge in [-0.1, -0.05) is 30.3 Å². The smallest absolute Gasteiger partial charge is 0.329 e. The number of benzene rings is 2. The second kappa shape index (κ2) is 8.33. The predicted molar refractivity (Wildman–Crippen MR) is 90.4 cm³/mol. The minimum absolute atomic E-state index is 0.323. The third kappa shape index (κ3) is 4.57. The van der Waals surface area contributed by atoms with Crippen molar-refractivity contribution in [2.45, 2.75) is 0 Å². The van der Waals surface area contributed by atoms with Crippen LogP contribution in [0.5, 0.6) is 11.5 Å². The van der Waals surface area contributed by atoms with Crippen molar-refractivity contribution in [3.63, 3.8) is 0 Å². The summed E-state index contributed by atoms with van der Waals surface area (Å²) < 4.78 is 10.2. The average Bonchev–Trinajstić information content (AvgIpc) is 2.62. The summed E-state index contributed by atoms with van der Waals surface area (Å²) in [4.78, 5) is 23.7. The molecule has 0 aromatic heterocycles. The van der Waals surface area contributed by atoms with E-state index in [-0.39, 0.29) is 0 Å². The minimum Gasteiger partial charge on any atom is -0.497 e. The topological polar surface area (TPSA) is 89.0 Å². The molecule has 2 aromatic rings. The van der Waals surface area contributed by atoms with Gasteiger partial charge in [0, 0.05) is 6.07 Å². The summed E-state index contributed by atoms with van der Waals surface area (Å²) in [6.45, 7) is 0. The zero-order valence-electron chi connectivity index (χ0n) is 13.3. The zero-order chi connectivity index (χ0) is 17.4. The lowest BCUT2D eigenvalue weighted by Gasteiger charge is -2.11. The molecule has 0 spiro atoms. The maximum Gasteiger partial charge on any atom is 0.329 e. The molecule has 0 heterocycles. The molecule has 0 radical (unpaired) electrons. The number of nitrogens with one attached hydrogen (secondary N) is 2. The molecular formula is C17H17N3O4. The van der Waals surface area contributed by atoms with Gasteiger partial charge in [0.2, 0.25) is 0 Å². The number of carbonyl (C=O) groups excluding carboxylic acids is 2. The number of methoxy groups -OCH3 is 2. The second-order valence-corrected chi connectivity index (χ2v) is 4.63. The molecule has 0 saturated heterocycles. The lowest BCUT2D eigenvalue weighted by Crippen LogP contribution is -2.32. The van der Waals surface area contributed by atoms with Gasteiger partial charge in [0.1, 0.15) is 11.5 Å². The molecule has 0 fully saturated rings. The lowest BCUT2D eigenvalue weighted by atomic mass is 10.2. The van der Waals surface area contributed by atoms with Crippen molar-refractivity contribution in [2.75, 3.05) is 19.5 Å².